The number of halogens is 3. The standard InChI is InChI=1S/C3H8Cl3P/c1-2-3-7(4,5)6/h7H,2-3H2,1H3. The van der Waals surface area contributed by atoms with Crippen LogP contribution in [0, 0.1) is 0 Å². The molecule has 0 N–H and O–H groups in total. The zero-order valence-corrected chi connectivity index (χ0v) is 7.32. The van der Waals surface area contributed by atoms with E-state index in [0.29, 0.717) is 0 Å². The van der Waals surface area contributed by atoms with Crippen molar-refractivity contribution in [3.8, 4) is 0 Å². The molecule has 0 unspecified atom stereocenters. The van der Waals surface area contributed by atoms with E-state index in [9.17, 15) is 0 Å². The van der Waals surface area contributed by atoms with E-state index in [4.69, 9.17) is 33.7 Å². The van der Waals surface area contributed by atoms with E-state index in [-0.39, 0.29) is 0 Å². The molecule has 7 heavy (non-hydrogen) atoms. The van der Waals surface area contributed by atoms with Crippen LogP contribution in [-0.4, -0.2) is 6.16 Å². The molecule has 46 valence electrons. The van der Waals surface area contributed by atoms with Crippen LogP contribution in [0.15, 0.2) is 0 Å². The quantitative estimate of drug-likeness (QED) is 0.571. The van der Waals surface area contributed by atoms with Gasteiger partial charge < -0.3 is 0 Å². The van der Waals surface area contributed by atoms with Crippen molar-refractivity contribution in [2.24, 2.45) is 0 Å². The Kier molecular flexibility index (Phi) is 3.97. The Morgan fingerprint density at radius 3 is 1.71 bits per heavy atom. The zero-order valence-electron chi connectivity index (χ0n) is 4.05. The Balaban J connectivity index is 3.15. The van der Waals surface area contributed by atoms with E-state index < -0.39 is 5.32 Å². The molecule has 0 aliphatic heterocycles. The second-order valence-corrected chi connectivity index (χ2v) is 10.6. The SMILES string of the molecule is CCC[PH](Cl)(Cl)Cl. The molecule has 0 aliphatic carbocycles. The molecule has 0 aromatic carbocycles. The molecule has 4 heteroatoms. The molecule has 0 saturated carbocycles. The van der Waals surface area contributed by atoms with E-state index in [2.05, 4.69) is 0 Å². The first-order valence-electron chi connectivity index (χ1n) is 2.13. The van der Waals surface area contributed by atoms with Gasteiger partial charge in [-0.1, -0.05) is 0 Å². The summed E-state index contributed by atoms with van der Waals surface area (Å²) in [5.41, 5.74) is 0. The van der Waals surface area contributed by atoms with Crippen molar-refractivity contribution in [3.05, 3.63) is 0 Å². The van der Waals surface area contributed by atoms with Crippen LogP contribution in [0.2, 0.25) is 0 Å². The molecular formula is C3H8Cl3P. The molecule has 0 radical (unpaired) electrons. The summed E-state index contributed by atoms with van der Waals surface area (Å²) in [5, 5.41) is -2.24. The van der Waals surface area contributed by atoms with Gasteiger partial charge in [0, 0.05) is 0 Å². The summed E-state index contributed by atoms with van der Waals surface area (Å²) >= 11 is 16.5. The van der Waals surface area contributed by atoms with Gasteiger partial charge in [0.25, 0.3) is 0 Å². The van der Waals surface area contributed by atoms with Crippen molar-refractivity contribution in [1.29, 1.82) is 0 Å². The average molecular weight is 181 g/mol. The van der Waals surface area contributed by atoms with Crippen LogP contribution in [0.1, 0.15) is 13.3 Å². The molecule has 0 aromatic rings. The van der Waals surface area contributed by atoms with Crippen molar-refractivity contribution in [2.45, 2.75) is 13.3 Å². The van der Waals surface area contributed by atoms with E-state index in [0.717, 1.165) is 12.6 Å². The van der Waals surface area contributed by atoms with Gasteiger partial charge in [-0.2, -0.15) is 0 Å². The maximum atomic E-state index is 5.50. The van der Waals surface area contributed by atoms with Crippen LogP contribution in [-0.2, 0) is 0 Å². The van der Waals surface area contributed by atoms with Gasteiger partial charge in [-0.05, 0) is 0 Å². The normalized spacial score (nSPS) is 14.3. The summed E-state index contributed by atoms with van der Waals surface area (Å²) < 4.78 is 0. The summed E-state index contributed by atoms with van der Waals surface area (Å²) in [6, 6.07) is 0. The molecule has 0 aliphatic rings. The predicted octanol–water partition coefficient (Wildman–Crippen LogP) is 3.61. The first kappa shape index (κ1) is 8.30. The Morgan fingerprint density at radius 1 is 1.29 bits per heavy atom. The van der Waals surface area contributed by atoms with Gasteiger partial charge in [-0.25, -0.2) is 0 Å². The van der Waals surface area contributed by atoms with Crippen LogP contribution in [0.5, 0.6) is 0 Å². The molecule has 0 amide bonds. The van der Waals surface area contributed by atoms with Gasteiger partial charge in [0.1, 0.15) is 0 Å². The van der Waals surface area contributed by atoms with Crippen molar-refractivity contribution in [1.82, 2.24) is 0 Å². The van der Waals surface area contributed by atoms with Gasteiger partial charge >= 0.3 is 58.5 Å². The van der Waals surface area contributed by atoms with Gasteiger partial charge in [-0.3, -0.25) is 0 Å². The van der Waals surface area contributed by atoms with Crippen LogP contribution in [0.4, 0.5) is 0 Å². The van der Waals surface area contributed by atoms with Crippen LogP contribution in [0.3, 0.4) is 0 Å². The number of rotatable bonds is 2. The monoisotopic (exact) mass is 180 g/mol. The Bertz CT molecular complexity index is 48.6. The van der Waals surface area contributed by atoms with Crippen LogP contribution >= 0.6 is 39.0 Å². The average Bonchev–Trinajstić information content (AvgIpc) is 1.30. The van der Waals surface area contributed by atoms with Gasteiger partial charge in [0.05, 0.1) is 0 Å². The fourth-order valence-electron chi connectivity index (χ4n) is 0.283. The molecule has 0 aromatic heterocycles. The first-order valence-corrected chi connectivity index (χ1v) is 7.37. The van der Waals surface area contributed by atoms with Crippen molar-refractivity contribution in [3.63, 3.8) is 0 Å². The minimum absolute atomic E-state index is 0.775. The molecule has 0 heterocycles. The predicted molar refractivity (Wildman–Crippen MR) is 41.0 cm³/mol. The van der Waals surface area contributed by atoms with Crippen LogP contribution in [0.25, 0.3) is 0 Å². The third-order valence-corrected chi connectivity index (χ3v) is 3.30. The van der Waals surface area contributed by atoms with Gasteiger partial charge in [-0.15, -0.1) is 0 Å². The molecule has 0 atom stereocenters. The van der Waals surface area contributed by atoms with E-state index >= 15 is 0 Å². The third-order valence-electron chi connectivity index (χ3n) is 0.533. The fraction of sp³-hybridized carbons (Fsp3) is 1.00. The molecule has 0 rings (SSSR count). The second kappa shape index (κ2) is 3.35. The topological polar surface area (TPSA) is 0 Å². The molecule has 0 fully saturated rings. The van der Waals surface area contributed by atoms with E-state index in [1.165, 1.54) is 0 Å². The van der Waals surface area contributed by atoms with Crippen molar-refractivity contribution < 1.29 is 0 Å². The third kappa shape index (κ3) is 7.30. The fourth-order valence-corrected chi connectivity index (χ4v) is 2.55. The van der Waals surface area contributed by atoms with Gasteiger partial charge in [0.15, 0.2) is 0 Å². The van der Waals surface area contributed by atoms with Gasteiger partial charge in [0.2, 0.25) is 0 Å². The van der Waals surface area contributed by atoms with Crippen LogP contribution < -0.4 is 0 Å². The van der Waals surface area contributed by atoms with Crippen molar-refractivity contribution >= 4 is 39.0 Å². The minimum atomic E-state index is -2.24. The first-order chi connectivity index (χ1) is 3.06. The Labute approximate surface area is 58.8 Å². The maximum absolute atomic E-state index is 5.50. The molecule has 0 nitrogen and oxygen atoms in total. The van der Waals surface area contributed by atoms with E-state index in [1.807, 2.05) is 6.92 Å². The van der Waals surface area contributed by atoms with E-state index in [1.54, 1.807) is 0 Å². The molecule has 0 spiro atoms. The summed E-state index contributed by atoms with van der Waals surface area (Å²) in [4.78, 5) is 0. The summed E-state index contributed by atoms with van der Waals surface area (Å²) in [6.45, 7) is 2.01. The summed E-state index contributed by atoms with van der Waals surface area (Å²) in [7, 11) is 0. The summed E-state index contributed by atoms with van der Waals surface area (Å²) in [6.07, 6.45) is 1.75. The second-order valence-electron chi connectivity index (χ2n) is 1.37. The molecular weight excluding hydrogens is 173 g/mol. The molecule has 0 saturated heterocycles. The number of hydrogen-bond donors (Lipinski definition) is 0. The summed E-state index contributed by atoms with van der Waals surface area (Å²) in [5.74, 6) is 0. The van der Waals surface area contributed by atoms with Crippen molar-refractivity contribution in [2.75, 3.05) is 6.16 Å². The Hall–Kier alpha value is 1.30. The Morgan fingerprint density at radius 2 is 1.71 bits per heavy atom. The zero-order chi connectivity index (χ0) is 5.91. The number of hydrogen-bond acceptors (Lipinski definition) is 0. The molecule has 0 bridgehead atoms.